The van der Waals surface area contributed by atoms with E-state index in [-0.39, 0.29) is 17.9 Å². The van der Waals surface area contributed by atoms with Gasteiger partial charge in [-0.25, -0.2) is 4.79 Å². The standard InChI is InChI=1S/C28H33N3O7/c1-28(2,3)38-27(37)30-23(17-33)26(36)31(13-14-32)24(20-9-6-10-22(34)16-20)25(35)29-21-12-11-18-7-4-5-8-19(18)15-21/h4-12,15-16,23-24,32-34H,13-14,17H2,1-3H3,(H,29,35)(H,30,37). The molecule has 0 heterocycles. The van der Waals surface area contributed by atoms with Gasteiger partial charge in [-0.15, -0.1) is 0 Å². The van der Waals surface area contributed by atoms with E-state index in [9.17, 15) is 29.7 Å². The maximum atomic E-state index is 13.7. The van der Waals surface area contributed by atoms with Gasteiger partial charge in [0.15, 0.2) is 0 Å². The van der Waals surface area contributed by atoms with E-state index in [0.29, 0.717) is 5.69 Å². The average molecular weight is 524 g/mol. The molecule has 0 radical (unpaired) electrons. The third-order valence-electron chi connectivity index (χ3n) is 5.56. The Labute approximate surface area is 220 Å². The Hall–Kier alpha value is -4.15. The molecule has 0 fully saturated rings. The number of alkyl carbamates (subject to hydrolysis) is 1. The fraction of sp³-hybridized carbons (Fsp3) is 0.321. The van der Waals surface area contributed by atoms with Crippen LogP contribution in [-0.4, -0.2) is 69.5 Å². The van der Waals surface area contributed by atoms with Crippen LogP contribution in [0, 0.1) is 0 Å². The van der Waals surface area contributed by atoms with Gasteiger partial charge in [0.2, 0.25) is 5.91 Å². The van der Waals surface area contributed by atoms with Gasteiger partial charge in [-0.2, -0.15) is 0 Å². The molecule has 0 saturated heterocycles. The van der Waals surface area contributed by atoms with Gasteiger partial charge in [0.05, 0.1) is 13.2 Å². The molecule has 0 spiro atoms. The van der Waals surface area contributed by atoms with Crippen molar-refractivity contribution < 1.29 is 34.4 Å². The van der Waals surface area contributed by atoms with E-state index >= 15 is 0 Å². The molecule has 3 aromatic carbocycles. The third-order valence-corrected chi connectivity index (χ3v) is 5.56. The van der Waals surface area contributed by atoms with Crippen molar-refractivity contribution in [3.63, 3.8) is 0 Å². The van der Waals surface area contributed by atoms with Gasteiger partial charge in [0.25, 0.3) is 5.91 Å². The summed E-state index contributed by atoms with van der Waals surface area (Å²) < 4.78 is 5.19. The van der Waals surface area contributed by atoms with Crippen molar-refractivity contribution in [3.8, 4) is 5.75 Å². The molecule has 38 heavy (non-hydrogen) atoms. The summed E-state index contributed by atoms with van der Waals surface area (Å²) in [5.74, 6) is -1.58. The zero-order valence-electron chi connectivity index (χ0n) is 21.5. The van der Waals surface area contributed by atoms with Gasteiger partial charge >= 0.3 is 6.09 Å². The number of nitrogens with one attached hydrogen (secondary N) is 2. The van der Waals surface area contributed by atoms with Crippen LogP contribution in [-0.2, 0) is 14.3 Å². The van der Waals surface area contributed by atoms with Gasteiger partial charge in [-0.1, -0.05) is 42.5 Å². The molecule has 0 saturated carbocycles. The summed E-state index contributed by atoms with van der Waals surface area (Å²) in [6, 6.07) is 16.0. The van der Waals surface area contributed by atoms with Crippen molar-refractivity contribution in [2.75, 3.05) is 25.1 Å². The zero-order valence-corrected chi connectivity index (χ0v) is 21.5. The first kappa shape index (κ1) is 28.4. The van der Waals surface area contributed by atoms with Crippen molar-refractivity contribution in [2.45, 2.75) is 38.5 Å². The van der Waals surface area contributed by atoms with Crippen molar-refractivity contribution in [2.24, 2.45) is 0 Å². The number of amides is 3. The molecule has 3 rings (SSSR count). The Morgan fingerprint density at radius 1 is 0.947 bits per heavy atom. The van der Waals surface area contributed by atoms with Crippen LogP contribution in [0.3, 0.4) is 0 Å². The fourth-order valence-corrected chi connectivity index (χ4v) is 3.96. The quantitative estimate of drug-likeness (QED) is 0.290. The van der Waals surface area contributed by atoms with Crippen molar-refractivity contribution in [1.29, 1.82) is 0 Å². The number of carbonyl (C=O) groups is 3. The average Bonchev–Trinajstić information content (AvgIpc) is 2.85. The van der Waals surface area contributed by atoms with E-state index in [1.54, 1.807) is 39.0 Å². The lowest BCUT2D eigenvalue weighted by molar-refractivity contribution is -0.142. The van der Waals surface area contributed by atoms with E-state index in [2.05, 4.69) is 10.6 Å². The molecule has 10 heteroatoms. The van der Waals surface area contributed by atoms with Crippen molar-refractivity contribution in [1.82, 2.24) is 10.2 Å². The summed E-state index contributed by atoms with van der Waals surface area (Å²) in [7, 11) is 0. The first-order valence-corrected chi connectivity index (χ1v) is 12.1. The Morgan fingerprint density at radius 2 is 1.66 bits per heavy atom. The molecule has 0 aliphatic heterocycles. The topological polar surface area (TPSA) is 148 Å². The van der Waals surface area contributed by atoms with Gasteiger partial charge < -0.3 is 35.6 Å². The summed E-state index contributed by atoms with van der Waals surface area (Å²) in [6.07, 6.45) is -0.927. The van der Waals surface area contributed by atoms with E-state index in [1.807, 2.05) is 30.3 Å². The Balaban J connectivity index is 1.96. The van der Waals surface area contributed by atoms with E-state index in [0.717, 1.165) is 15.7 Å². The highest BCUT2D eigenvalue weighted by Gasteiger charge is 2.36. The monoisotopic (exact) mass is 523 g/mol. The minimum Gasteiger partial charge on any atom is -0.508 e. The largest absolute Gasteiger partial charge is 0.508 e. The number of rotatable bonds is 9. The number of phenols is 1. The predicted molar refractivity (Wildman–Crippen MR) is 142 cm³/mol. The summed E-state index contributed by atoms with van der Waals surface area (Å²) in [5, 5.41) is 36.8. The smallest absolute Gasteiger partial charge is 0.408 e. The first-order chi connectivity index (χ1) is 18.0. The fourth-order valence-electron chi connectivity index (χ4n) is 3.96. The van der Waals surface area contributed by atoms with Crippen molar-refractivity contribution >= 4 is 34.4 Å². The second-order valence-electron chi connectivity index (χ2n) is 9.69. The number of anilines is 1. The van der Waals surface area contributed by atoms with Crippen molar-refractivity contribution in [3.05, 3.63) is 72.3 Å². The summed E-state index contributed by atoms with van der Waals surface area (Å²) in [5.41, 5.74) is -0.109. The van der Waals surface area contributed by atoms with Gasteiger partial charge in [-0.3, -0.25) is 9.59 Å². The van der Waals surface area contributed by atoms with Crippen LogP contribution in [0.25, 0.3) is 10.8 Å². The molecule has 3 aromatic rings. The Bertz CT molecular complexity index is 1290. The predicted octanol–water partition coefficient (Wildman–Crippen LogP) is 2.93. The molecular formula is C28H33N3O7. The van der Waals surface area contributed by atoms with E-state index < -0.39 is 48.8 Å². The SMILES string of the molecule is CC(C)(C)OC(=O)NC(CO)C(=O)N(CCO)C(C(=O)Nc1ccc2ccccc2c1)c1cccc(O)c1. The second-order valence-corrected chi connectivity index (χ2v) is 9.69. The molecule has 2 atom stereocenters. The number of fused-ring (bicyclic) bond motifs is 1. The summed E-state index contributed by atoms with van der Waals surface area (Å²) in [6.45, 7) is 3.37. The minimum atomic E-state index is -1.45. The zero-order chi connectivity index (χ0) is 27.9. The molecule has 0 aliphatic carbocycles. The lowest BCUT2D eigenvalue weighted by Crippen LogP contribution is -2.54. The lowest BCUT2D eigenvalue weighted by atomic mass is 10.0. The summed E-state index contributed by atoms with van der Waals surface area (Å²) >= 11 is 0. The Kier molecular flexibility index (Phi) is 9.27. The number of nitrogens with zero attached hydrogens (tertiary/aromatic N) is 1. The first-order valence-electron chi connectivity index (χ1n) is 12.1. The summed E-state index contributed by atoms with van der Waals surface area (Å²) in [4.78, 5) is 40.5. The third kappa shape index (κ3) is 7.44. The number of phenolic OH excluding ortho intramolecular Hbond substituents is 1. The molecule has 5 N–H and O–H groups in total. The number of hydrogen-bond donors (Lipinski definition) is 5. The number of hydrogen-bond acceptors (Lipinski definition) is 7. The highest BCUT2D eigenvalue weighted by Crippen LogP contribution is 2.27. The molecule has 10 nitrogen and oxygen atoms in total. The Morgan fingerprint density at radius 3 is 2.29 bits per heavy atom. The number of carbonyl (C=O) groups excluding carboxylic acids is 3. The number of aromatic hydroxyl groups is 1. The molecule has 3 amide bonds. The van der Waals surface area contributed by atoms with Crippen LogP contribution in [0.15, 0.2) is 66.7 Å². The highest BCUT2D eigenvalue weighted by molar-refractivity contribution is 6.00. The van der Waals surface area contributed by atoms with Gasteiger partial charge in [0.1, 0.15) is 23.4 Å². The lowest BCUT2D eigenvalue weighted by Gasteiger charge is -2.33. The van der Waals surface area contributed by atoms with Gasteiger partial charge in [0, 0.05) is 12.2 Å². The molecule has 0 aromatic heterocycles. The number of aliphatic hydroxyl groups is 2. The molecule has 0 bridgehead atoms. The van der Waals surface area contributed by atoms with Crippen LogP contribution in [0.2, 0.25) is 0 Å². The maximum absolute atomic E-state index is 13.7. The second kappa shape index (κ2) is 12.4. The van der Waals surface area contributed by atoms with Crippen LogP contribution in [0.5, 0.6) is 5.75 Å². The van der Waals surface area contributed by atoms with Gasteiger partial charge in [-0.05, 0) is 61.4 Å². The van der Waals surface area contributed by atoms with Crippen LogP contribution >= 0.6 is 0 Å². The number of benzene rings is 3. The number of aliphatic hydroxyl groups excluding tert-OH is 2. The van der Waals surface area contributed by atoms with Crippen LogP contribution in [0.1, 0.15) is 32.4 Å². The van der Waals surface area contributed by atoms with E-state index in [4.69, 9.17) is 4.74 Å². The number of ether oxygens (including phenoxy) is 1. The molecule has 2 unspecified atom stereocenters. The maximum Gasteiger partial charge on any atom is 0.408 e. The normalized spacial score (nSPS) is 12.9. The molecular weight excluding hydrogens is 490 g/mol. The van der Waals surface area contributed by atoms with Crippen LogP contribution in [0.4, 0.5) is 10.5 Å². The molecule has 202 valence electrons. The highest BCUT2D eigenvalue weighted by atomic mass is 16.6. The minimum absolute atomic E-state index is 0.131. The molecule has 0 aliphatic rings. The van der Waals surface area contributed by atoms with E-state index in [1.165, 1.54) is 18.2 Å². The van der Waals surface area contributed by atoms with Crippen LogP contribution < -0.4 is 10.6 Å².